The van der Waals surface area contributed by atoms with Gasteiger partial charge in [0.05, 0.1) is 0 Å². The fourth-order valence-corrected chi connectivity index (χ4v) is 1.66. The lowest BCUT2D eigenvalue weighted by atomic mass is 10.1. The zero-order chi connectivity index (χ0) is 16.8. The van der Waals surface area contributed by atoms with Crippen LogP contribution in [-0.4, -0.2) is 29.7 Å². The van der Waals surface area contributed by atoms with E-state index in [1.54, 1.807) is 27.7 Å². The van der Waals surface area contributed by atoms with Crippen molar-refractivity contribution in [2.24, 2.45) is 5.73 Å². The van der Waals surface area contributed by atoms with Gasteiger partial charge < -0.3 is 20.5 Å². The van der Waals surface area contributed by atoms with Crippen LogP contribution in [0, 0.1) is 0 Å². The zero-order valence-corrected chi connectivity index (χ0v) is 13.5. The summed E-state index contributed by atoms with van der Waals surface area (Å²) in [6, 6.07) is 7.70. The van der Waals surface area contributed by atoms with E-state index in [-0.39, 0.29) is 6.61 Å². The lowest BCUT2D eigenvalue weighted by Crippen LogP contribution is -2.52. The van der Waals surface area contributed by atoms with E-state index in [0.29, 0.717) is 0 Å². The molecule has 0 aromatic heterocycles. The number of carbonyl (C=O) groups excluding carboxylic acids is 2. The fraction of sp³-hybridized carbons (Fsp3) is 0.500. The minimum atomic E-state index is -0.960. The highest BCUT2D eigenvalue weighted by Crippen LogP contribution is 2.08. The second kappa shape index (κ2) is 7.79. The molecule has 0 unspecified atom stereocenters. The van der Waals surface area contributed by atoms with Crippen molar-refractivity contribution in [2.45, 2.75) is 52.0 Å². The van der Waals surface area contributed by atoms with E-state index in [9.17, 15) is 9.59 Å². The van der Waals surface area contributed by atoms with Crippen LogP contribution >= 0.6 is 0 Å². The van der Waals surface area contributed by atoms with Crippen LogP contribution in [-0.2, 0) is 20.9 Å². The third-order valence-corrected chi connectivity index (χ3v) is 2.68. The van der Waals surface area contributed by atoms with Gasteiger partial charge in [0.15, 0.2) is 0 Å². The standard InChI is InChI=1S/C16H24N2O4/c1-11(17)13(18-15(20)22-16(2,3)4)14(19)21-10-12-8-6-5-7-9-12/h5-9,11,13H,10,17H2,1-4H3,(H,18,20)/t11-,13-/m0/s1. The minimum absolute atomic E-state index is 0.124. The Balaban J connectivity index is 2.58. The fourth-order valence-electron chi connectivity index (χ4n) is 1.66. The smallest absolute Gasteiger partial charge is 0.408 e. The summed E-state index contributed by atoms with van der Waals surface area (Å²) in [4.78, 5) is 23.8. The molecule has 0 saturated heterocycles. The lowest BCUT2D eigenvalue weighted by molar-refractivity contribution is -0.148. The summed E-state index contributed by atoms with van der Waals surface area (Å²) in [5.41, 5.74) is 5.95. The van der Waals surface area contributed by atoms with Crippen LogP contribution in [0.15, 0.2) is 30.3 Å². The van der Waals surface area contributed by atoms with Crippen molar-refractivity contribution in [1.82, 2.24) is 5.32 Å². The Labute approximate surface area is 131 Å². The predicted molar refractivity (Wildman–Crippen MR) is 83.0 cm³/mol. The second-order valence-electron chi connectivity index (χ2n) is 6.08. The number of rotatable bonds is 5. The number of amides is 1. The quantitative estimate of drug-likeness (QED) is 0.812. The van der Waals surface area contributed by atoms with Gasteiger partial charge in [-0.2, -0.15) is 0 Å². The van der Waals surface area contributed by atoms with Crippen molar-refractivity contribution in [3.05, 3.63) is 35.9 Å². The summed E-state index contributed by atoms with van der Waals surface area (Å²) in [6.07, 6.45) is -0.702. The molecule has 1 aromatic carbocycles. The number of nitrogens with one attached hydrogen (secondary N) is 1. The molecule has 2 atom stereocenters. The van der Waals surface area contributed by atoms with E-state index in [0.717, 1.165) is 5.56 Å². The first-order chi connectivity index (χ1) is 10.2. The van der Waals surface area contributed by atoms with Gasteiger partial charge >= 0.3 is 12.1 Å². The number of carbonyl (C=O) groups is 2. The molecular weight excluding hydrogens is 284 g/mol. The van der Waals surface area contributed by atoms with E-state index in [1.807, 2.05) is 30.3 Å². The first-order valence-corrected chi connectivity index (χ1v) is 7.14. The van der Waals surface area contributed by atoms with Crippen LogP contribution in [0.2, 0.25) is 0 Å². The van der Waals surface area contributed by atoms with Gasteiger partial charge in [-0.1, -0.05) is 30.3 Å². The Kier molecular flexibility index (Phi) is 6.37. The van der Waals surface area contributed by atoms with Crippen molar-refractivity contribution in [2.75, 3.05) is 0 Å². The topological polar surface area (TPSA) is 90.6 Å². The molecule has 0 fully saturated rings. The van der Waals surface area contributed by atoms with Crippen molar-refractivity contribution < 1.29 is 19.1 Å². The Bertz CT molecular complexity index is 495. The number of ether oxygens (including phenoxy) is 2. The maximum Gasteiger partial charge on any atom is 0.408 e. The van der Waals surface area contributed by atoms with E-state index >= 15 is 0 Å². The van der Waals surface area contributed by atoms with Crippen LogP contribution in [0.3, 0.4) is 0 Å². The lowest BCUT2D eigenvalue weighted by Gasteiger charge is -2.24. The molecule has 0 aliphatic carbocycles. The molecule has 1 amide bonds. The molecule has 6 nitrogen and oxygen atoms in total. The van der Waals surface area contributed by atoms with Gasteiger partial charge in [-0.3, -0.25) is 0 Å². The van der Waals surface area contributed by atoms with E-state index in [2.05, 4.69) is 5.32 Å². The number of nitrogens with two attached hydrogens (primary N) is 1. The van der Waals surface area contributed by atoms with Gasteiger partial charge in [-0.05, 0) is 33.3 Å². The van der Waals surface area contributed by atoms with Gasteiger partial charge in [-0.25, -0.2) is 9.59 Å². The van der Waals surface area contributed by atoms with E-state index in [1.165, 1.54) is 0 Å². The summed E-state index contributed by atoms with van der Waals surface area (Å²) in [6.45, 7) is 6.95. The third kappa shape index (κ3) is 6.58. The summed E-state index contributed by atoms with van der Waals surface area (Å²) in [7, 11) is 0. The van der Waals surface area contributed by atoms with Gasteiger partial charge in [0.25, 0.3) is 0 Å². The van der Waals surface area contributed by atoms with Gasteiger partial charge in [0.2, 0.25) is 0 Å². The first-order valence-electron chi connectivity index (χ1n) is 7.14. The van der Waals surface area contributed by atoms with Crippen molar-refractivity contribution in [3.63, 3.8) is 0 Å². The maximum absolute atomic E-state index is 12.1. The van der Waals surface area contributed by atoms with E-state index < -0.39 is 29.7 Å². The van der Waals surface area contributed by atoms with Crippen LogP contribution < -0.4 is 11.1 Å². The van der Waals surface area contributed by atoms with Crippen molar-refractivity contribution in [3.8, 4) is 0 Å². The number of esters is 1. The SMILES string of the molecule is C[C@H](N)[C@H](NC(=O)OC(C)(C)C)C(=O)OCc1ccccc1. The molecule has 0 heterocycles. The van der Waals surface area contributed by atoms with E-state index in [4.69, 9.17) is 15.2 Å². The minimum Gasteiger partial charge on any atom is -0.459 e. The Morgan fingerprint density at radius 2 is 1.82 bits per heavy atom. The van der Waals surface area contributed by atoms with Crippen LogP contribution in [0.5, 0.6) is 0 Å². The molecule has 3 N–H and O–H groups in total. The molecule has 0 radical (unpaired) electrons. The average molecular weight is 308 g/mol. The van der Waals surface area contributed by atoms with Crippen molar-refractivity contribution in [1.29, 1.82) is 0 Å². The summed E-state index contributed by atoms with van der Waals surface area (Å²) < 4.78 is 10.3. The predicted octanol–water partition coefficient (Wildman–Crippen LogP) is 1.97. The number of hydrogen-bond acceptors (Lipinski definition) is 5. The number of benzene rings is 1. The normalized spacial score (nSPS) is 13.9. The van der Waals surface area contributed by atoms with Crippen molar-refractivity contribution >= 4 is 12.1 Å². The second-order valence-corrected chi connectivity index (χ2v) is 6.08. The molecule has 0 saturated carbocycles. The first kappa shape index (κ1) is 18.0. The largest absolute Gasteiger partial charge is 0.459 e. The van der Waals surface area contributed by atoms with Crippen LogP contribution in [0.1, 0.15) is 33.3 Å². The molecule has 1 aromatic rings. The highest BCUT2D eigenvalue weighted by molar-refractivity contribution is 5.82. The molecule has 0 aliphatic heterocycles. The number of alkyl carbamates (subject to hydrolysis) is 1. The summed E-state index contributed by atoms with van der Waals surface area (Å²) in [5.74, 6) is -0.593. The Morgan fingerprint density at radius 1 is 1.23 bits per heavy atom. The summed E-state index contributed by atoms with van der Waals surface area (Å²) in [5, 5.41) is 2.45. The monoisotopic (exact) mass is 308 g/mol. The van der Waals surface area contributed by atoms with Gasteiger partial charge in [0.1, 0.15) is 18.2 Å². The van der Waals surface area contributed by atoms with Gasteiger partial charge in [-0.15, -0.1) is 0 Å². The molecule has 0 bridgehead atoms. The Hall–Kier alpha value is -2.08. The highest BCUT2D eigenvalue weighted by atomic mass is 16.6. The number of hydrogen-bond donors (Lipinski definition) is 2. The zero-order valence-electron chi connectivity index (χ0n) is 13.5. The summed E-state index contributed by atoms with van der Waals surface area (Å²) >= 11 is 0. The molecule has 1 rings (SSSR count). The molecule has 22 heavy (non-hydrogen) atoms. The molecular formula is C16H24N2O4. The Morgan fingerprint density at radius 3 is 2.32 bits per heavy atom. The third-order valence-electron chi connectivity index (χ3n) is 2.68. The molecule has 0 spiro atoms. The molecule has 122 valence electrons. The van der Waals surface area contributed by atoms with Crippen LogP contribution in [0.25, 0.3) is 0 Å². The van der Waals surface area contributed by atoms with Crippen LogP contribution in [0.4, 0.5) is 4.79 Å². The highest BCUT2D eigenvalue weighted by Gasteiger charge is 2.28. The molecule has 6 heteroatoms. The molecule has 0 aliphatic rings. The average Bonchev–Trinajstić information content (AvgIpc) is 2.41. The maximum atomic E-state index is 12.1. The van der Waals surface area contributed by atoms with Gasteiger partial charge in [0, 0.05) is 6.04 Å².